The van der Waals surface area contributed by atoms with Gasteiger partial charge in [0.15, 0.2) is 0 Å². The van der Waals surface area contributed by atoms with Gasteiger partial charge in [-0.3, -0.25) is 4.98 Å². The van der Waals surface area contributed by atoms with Crippen LogP contribution in [0.25, 0.3) is 10.4 Å². The van der Waals surface area contributed by atoms with Crippen molar-refractivity contribution >= 4 is 28.6 Å². The minimum absolute atomic E-state index is 0.301. The van der Waals surface area contributed by atoms with Crippen LogP contribution in [0.2, 0.25) is 5.02 Å². The van der Waals surface area contributed by atoms with E-state index in [1.54, 1.807) is 23.7 Å². The lowest BCUT2D eigenvalue weighted by molar-refractivity contribution is 0.317. The SMILES string of the molecule is ON=C1CCC(c2ccc(Cl)cc2)c2cc(-c3ccncc3)sc21. The molecule has 1 N–H and O–H groups in total. The monoisotopic (exact) mass is 354 g/mol. The maximum absolute atomic E-state index is 9.38. The molecular weight excluding hydrogens is 340 g/mol. The van der Waals surface area contributed by atoms with Crippen LogP contribution in [-0.4, -0.2) is 15.9 Å². The van der Waals surface area contributed by atoms with Gasteiger partial charge in [0.1, 0.15) is 0 Å². The smallest absolute Gasteiger partial charge is 0.0970 e. The number of nitrogens with zero attached hydrogens (tertiary/aromatic N) is 2. The number of hydrogen-bond donors (Lipinski definition) is 1. The van der Waals surface area contributed by atoms with E-state index >= 15 is 0 Å². The Kier molecular flexibility index (Phi) is 4.08. The Bertz CT molecular complexity index is 887. The quantitative estimate of drug-likeness (QED) is 0.483. The van der Waals surface area contributed by atoms with Gasteiger partial charge in [0.25, 0.3) is 0 Å². The van der Waals surface area contributed by atoms with Crippen LogP contribution in [0.1, 0.15) is 34.8 Å². The van der Waals surface area contributed by atoms with Gasteiger partial charge in [-0.2, -0.15) is 0 Å². The van der Waals surface area contributed by atoms with Crippen LogP contribution < -0.4 is 0 Å². The van der Waals surface area contributed by atoms with E-state index < -0.39 is 0 Å². The maximum atomic E-state index is 9.38. The number of rotatable bonds is 2. The van der Waals surface area contributed by atoms with Crippen molar-refractivity contribution in [3.63, 3.8) is 0 Å². The average molecular weight is 355 g/mol. The van der Waals surface area contributed by atoms with E-state index in [9.17, 15) is 5.21 Å². The zero-order valence-electron chi connectivity index (χ0n) is 12.8. The number of halogens is 1. The van der Waals surface area contributed by atoms with Crippen molar-refractivity contribution in [2.45, 2.75) is 18.8 Å². The van der Waals surface area contributed by atoms with Crippen LogP contribution in [0, 0.1) is 0 Å². The Labute approximate surface area is 149 Å². The first kappa shape index (κ1) is 15.4. The predicted molar refractivity (Wildman–Crippen MR) is 98.4 cm³/mol. The molecule has 0 saturated heterocycles. The Hall–Kier alpha value is -2.17. The highest BCUT2D eigenvalue weighted by Crippen LogP contribution is 2.43. The summed E-state index contributed by atoms with van der Waals surface area (Å²) < 4.78 is 0. The van der Waals surface area contributed by atoms with Crippen LogP contribution >= 0.6 is 22.9 Å². The van der Waals surface area contributed by atoms with Crippen molar-refractivity contribution < 1.29 is 5.21 Å². The second kappa shape index (κ2) is 6.38. The molecule has 1 aliphatic rings. The Morgan fingerprint density at radius 2 is 1.88 bits per heavy atom. The fourth-order valence-corrected chi connectivity index (χ4v) is 4.60. The minimum atomic E-state index is 0.301. The summed E-state index contributed by atoms with van der Waals surface area (Å²) in [6.45, 7) is 0. The first-order valence-corrected chi connectivity index (χ1v) is 8.96. The van der Waals surface area contributed by atoms with Gasteiger partial charge in [-0.25, -0.2) is 0 Å². The fourth-order valence-electron chi connectivity index (χ4n) is 3.23. The van der Waals surface area contributed by atoms with Crippen molar-refractivity contribution in [1.82, 2.24) is 4.98 Å². The third kappa shape index (κ3) is 2.72. The van der Waals surface area contributed by atoms with Gasteiger partial charge >= 0.3 is 0 Å². The summed E-state index contributed by atoms with van der Waals surface area (Å²) in [4.78, 5) is 6.33. The zero-order chi connectivity index (χ0) is 16.5. The van der Waals surface area contributed by atoms with E-state index in [4.69, 9.17) is 11.6 Å². The van der Waals surface area contributed by atoms with Gasteiger partial charge < -0.3 is 5.21 Å². The third-order valence-corrected chi connectivity index (χ3v) is 5.93. The van der Waals surface area contributed by atoms with Gasteiger partial charge in [0, 0.05) is 28.2 Å². The summed E-state index contributed by atoms with van der Waals surface area (Å²) in [6.07, 6.45) is 5.30. The highest BCUT2D eigenvalue weighted by Gasteiger charge is 2.28. The Morgan fingerprint density at radius 3 is 2.58 bits per heavy atom. The highest BCUT2D eigenvalue weighted by atomic mass is 35.5. The third-order valence-electron chi connectivity index (χ3n) is 4.43. The highest BCUT2D eigenvalue weighted by molar-refractivity contribution is 7.17. The maximum Gasteiger partial charge on any atom is 0.0970 e. The molecule has 5 heteroatoms. The molecule has 3 nitrogen and oxygen atoms in total. The number of oxime groups is 1. The molecule has 1 aliphatic carbocycles. The minimum Gasteiger partial charge on any atom is -0.411 e. The van der Waals surface area contributed by atoms with Gasteiger partial charge in [-0.15, -0.1) is 11.3 Å². The summed E-state index contributed by atoms with van der Waals surface area (Å²) in [7, 11) is 0. The molecule has 2 heterocycles. The van der Waals surface area contributed by atoms with E-state index in [2.05, 4.69) is 28.3 Å². The molecule has 1 unspecified atom stereocenters. The molecule has 120 valence electrons. The lowest BCUT2D eigenvalue weighted by Gasteiger charge is -2.23. The van der Waals surface area contributed by atoms with E-state index in [1.165, 1.54) is 16.0 Å². The van der Waals surface area contributed by atoms with E-state index in [1.807, 2.05) is 24.3 Å². The summed E-state index contributed by atoms with van der Waals surface area (Å²) in [5.41, 5.74) is 4.39. The molecule has 3 aromatic rings. The van der Waals surface area contributed by atoms with E-state index in [0.29, 0.717) is 5.92 Å². The Balaban J connectivity index is 1.82. The van der Waals surface area contributed by atoms with Crippen LogP contribution in [0.4, 0.5) is 0 Å². The number of aromatic nitrogens is 1. The second-order valence-electron chi connectivity index (χ2n) is 5.82. The average Bonchev–Trinajstić information content (AvgIpc) is 3.08. The summed E-state index contributed by atoms with van der Waals surface area (Å²) >= 11 is 7.70. The van der Waals surface area contributed by atoms with Crippen molar-refractivity contribution in [2.75, 3.05) is 0 Å². The predicted octanol–water partition coefficient (Wildman–Crippen LogP) is 5.57. The largest absolute Gasteiger partial charge is 0.411 e. The molecular formula is C19H15ClN2OS. The van der Waals surface area contributed by atoms with Crippen LogP contribution in [0.15, 0.2) is 60.0 Å². The summed E-state index contributed by atoms with van der Waals surface area (Å²) in [6, 6.07) is 14.3. The van der Waals surface area contributed by atoms with Gasteiger partial charge in [0.05, 0.1) is 10.6 Å². The van der Waals surface area contributed by atoms with Crippen molar-refractivity contribution in [3.8, 4) is 10.4 Å². The molecule has 4 rings (SSSR count). The van der Waals surface area contributed by atoms with Gasteiger partial charge in [-0.1, -0.05) is 28.9 Å². The topological polar surface area (TPSA) is 45.5 Å². The van der Waals surface area contributed by atoms with E-state index in [0.717, 1.165) is 34.0 Å². The standard InChI is InChI=1S/C19H15ClN2OS/c20-14-3-1-12(2-4-14)15-5-6-17(22-23)19-16(15)11-18(24-19)13-7-9-21-10-8-13/h1-4,7-11,15,23H,5-6H2. The molecule has 0 saturated carbocycles. The number of benzene rings is 1. The molecule has 0 bridgehead atoms. The first-order chi connectivity index (χ1) is 11.8. The number of pyridine rings is 1. The second-order valence-corrected chi connectivity index (χ2v) is 7.31. The van der Waals surface area contributed by atoms with Crippen molar-refractivity contribution in [3.05, 3.63) is 75.9 Å². The number of fused-ring (bicyclic) bond motifs is 1. The van der Waals surface area contributed by atoms with Crippen LogP contribution in [0.5, 0.6) is 0 Å². The Morgan fingerprint density at radius 1 is 1.12 bits per heavy atom. The normalized spacial score (nSPS) is 18.5. The molecule has 2 aromatic heterocycles. The molecule has 1 aromatic carbocycles. The molecule has 0 amide bonds. The molecule has 0 fully saturated rings. The lowest BCUT2D eigenvalue weighted by Crippen LogP contribution is -2.14. The number of hydrogen-bond acceptors (Lipinski definition) is 4. The van der Waals surface area contributed by atoms with Crippen LogP contribution in [0.3, 0.4) is 0 Å². The summed E-state index contributed by atoms with van der Waals surface area (Å²) in [5, 5.41) is 13.7. The zero-order valence-corrected chi connectivity index (χ0v) is 14.4. The van der Waals surface area contributed by atoms with Crippen molar-refractivity contribution in [2.24, 2.45) is 5.16 Å². The number of thiophene rings is 1. The fraction of sp³-hybridized carbons (Fsp3) is 0.158. The first-order valence-electron chi connectivity index (χ1n) is 7.77. The molecule has 24 heavy (non-hydrogen) atoms. The lowest BCUT2D eigenvalue weighted by atomic mass is 9.81. The van der Waals surface area contributed by atoms with Crippen molar-refractivity contribution in [1.29, 1.82) is 0 Å². The molecule has 0 radical (unpaired) electrons. The molecule has 0 spiro atoms. The van der Waals surface area contributed by atoms with Gasteiger partial charge in [-0.05, 0) is 59.9 Å². The molecule has 1 atom stereocenters. The van der Waals surface area contributed by atoms with Gasteiger partial charge in [0.2, 0.25) is 0 Å². The van der Waals surface area contributed by atoms with E-state index in [-0.39, 0.29) is 0 Å². The van der Waals surface area contributed by atoms with Crippen LogP contribution in [-0.2, 0) is 0 Å². The molecule has 0 aliphatic heterocycles. The summed E-state index contributed by atoms with van der Waals surface area (Å²) in [5.74, 6) is 0.301.